The topological polar surface area (TPSA) is 49.0 Å². The summed E-state index contributed by atoms with van der Waals surface area (Å²) in [6, 6.07) is 2.02. The van der Waals surface area contributed by atoms with E-state index in [1.807, 2.05) is 11.0 Å². The minimum absolute atomic E-state index is 0.233. The summed E-state index contributed by atoms with van der Waals surface area (Å²) in [6.45, 7) is 1.67. The fourth-order valence-electron chi connectivity index (χ4n) is 3.54. The van der Waals surface area contributed by atoms with Gasteiger partial charge in [0.1, 0.15) is 0 Å². The number of nitrogens with zero attached hydrogens (tertiary/aromatic N) is 2. The van der Waals surface area contributed by atoms with Gasteiger partial charge in [0, 0.05) is 41.2 Å². The molecule has 4 nitrogen and oxygen atoms in total. The van der Waals surface area contributed by atoms with Gasteiger partial charge < -0.3 is 4.90 Å². The minimum atomic E-state index is 0.233. The third-order valence-electron chi connectivity index (χ3n) is 4.73. The Morgan fingerprint density at radius 2 is 2.29 bits per heavy atom. The maximum Gasteiger partial charge on any atom is 0.255 e. The molecule has 1 unspecified atom stereocenters. The first kappa shape index (κ1) is 13.1. The Labute approximate surface area is 128 Å². The van der Waals surface area contributed by atoms with Crippen LogP contribution in [0, 0.1) is 0 Å². The lowest BCUT2D eigenvalue weighted by molar-refractivity contribution is 0.0790. The molecular formula is C16H19N3OS. The van der Waals surface area contributed by atoms with Crippen molar-refractivity contribution >= 4 is 17.2 Å². The molecule has 5 heteroatoms. The molecule has 2 aliphatic rings. The molecular weight excluding hydrogens is 282 g/mol. The average molecular weight is 301 g/mol. The first-order valence-electron chi connectivity index (χ1n) is 7.70. The molecule has 2 aromatic heterocycles. The van der Waals surface area contributed by atoms with E-state index in [1.165, 1.54) is 23.3 Å². The third-order valence-corrected chi connectivity index (χ3v) is 5.82. The summed E-state index contributed by atoms with van der Waals surface area (Å²) in [5.74, 6) is 0.641. The van der Waals surface area contributed by atoms with Crippen molar-refractivity contribution in [3.05, 3.63) is 39.3 Å². The molecule has 1 aliphatic carbocycles. The van der Waals surface area contributed by atoms with Crippen molar-refractivity contribution in [1.29, 1.82) is 0 Å². The standard InChI is InChI=1S/C16H19N3OS/c20-16(13-10-21-15-4-2-1-3-12(13)15)19-8-6-11(9-19)14-5-7-17-18-14/h5,7,10-11H,1-4,6,8-9H2,(H,17,18). The molecule has 0 saturated carbocycles. The van der Waals surface area contributed by atoms with Gasteiger partial charge in [0.2, 0.25) is 0 Å². The van der Waals surface area contributed by atoms with Gasteiger partial charge in [-0.1, -0.05) is 0 Å². The van der Waals surface area contributed by atoms with Crippen molar-refractivity contribution < 1.29 is 4.79 Å². The normalized spacial score (nSPS) is 21.5. The molecule has 4 rings (SSSR count). The molecule has 1 saturated heterocycles. The Bertz CT molecular complexity index is 647. The monoisotopic (exact) mass is 301 g/mol. The van der Waals surface area contributed by atoms with E-state index in [0.717, 1.165) is 43.6 Å². The van der Waals surface area contributed by atoms with E-state index in [4.69, 9.17) is 0 Å². The van der Waals surface area contributed by atoms with Gasteiger partial charge in [-0.05, 0) is 43.7 Å². The number of thiophene rings is 1. The fourth-order valence-corrected chi connectivity index (χ4v) is 4.66. The van der Waals surface area contributed by atoms with Crippen LogP contribution >= 0.6 is 11.3 Å². The second-order valence-corrected chi connectivity index (χ2v) is 6.97. The Morgan fingerprint density at radius 1 is 1.38 bits per heavy atom. The first-order valence-corrected chi connectivity index (χ1v) is 8.58. The van der Waals surface area contributed by atoms with Gasteiger partial charge in [0.25, 0.3) is 5.91 Å². The summed E-state index contributed by atoms with van der Waals surface area (Å²) < 4.78 is 0. The van der Waals surface area contributed by atoms with Gasteiger partial charge in [-0.15, -0.1) is 11.3 Å². The summed E-state index contributed by atoms with van der Waals surface area (Å²) >= 11 is 1.77. The zero-order chi connectivity index (χ0) is 14.2. The molecule has 3 heterocycles. The van der Waals surface area contributed by atoms with Gasteiger partial charge in [-0.25, -0.2) is 0 Å². The predicted octanol–water partition coefficient (Wildman–Crippen LogP) is 2.98. The Hall–Kier alpha value is -1.62. The van der Waals surface area contributed by atoms with E-state index < -0.39 is 0 Å². The molecule has 21 heavy (non-hydrogen) atoms. The van der Waals surface area contributed by atoms with Crippen molar-refractivity contribution in [2.75, 3.05) is 13.1 Å². The van der Waals surface area contributed by atoms with Crippen LogP contribution in [0.2, 0.25) is 0 Å². The molecule has 0 bridgehead atoms. The number of fused-ring (bicyclic) bond motifs is 1. The number of carbonyl (C=O) groups is 1. The van der Waals surface area contributed by atoms with Crippen LogP contribution < -0.4 is 0 Å². The van der Waals surface area contributed by atoms with Gasteiger partial charge in [-0.3, -0.25) is 9.89 Å². The molecule has 1 aliphatic heterocycles. The van der Waals surface area contributed by atoms with Crippen LogP contribution in [0.4, 0.5) is 0 Å². The van der Waals surface area contributed by atoms with Crippen LogP contribution in [0.15, 0.2) is 17.6 Å². The van der Waals surface area contributed by atoms with E-state index >= 15 is 0 Å². The zero-order valence-corrected chi connectivity index (χ0v) is 12.8. The van der Waals surface area contributed by atoms with Crippen LogP contribution in [-0.4, -0.2) is 34.1 Å². The number of aromatic amines is 1. The molecule has 1 amide bonds. The van der Waals surface area contributed by atoms with E-state index in [9.17, 15) is 4.79 Å². The summed E-state index contributed by atoms with van der Waals surface area (Å²) in [4.78, 5) is 16.3. The number of carbonyl (C=O) groups excluding carboxylic acids is 1. The summed E-state index contributed by atoms with van der Waals surface area (Å²) in [6.07, 6.45) is 7.55. The highest BCUT2D eigenvalue weighted by Crippen LogP contribution is 2.33. The molecule has 0 radical (unpaired) electrons. The summed E-state index contributed by atoms with van der Waals surface area (Å²) in [5, 5.41) is 9.14. The zero-order valence-electron chi connectivity index (χ0n) is 12.0. The third kappa shape index (κ3) is 2.29. The number of hydrogen-bond acceptors (Lipinski definition) is 3. The number of likely N-dealkylation sites (tertiary alicyclic amines) is 1. The highest BCUT2D eigenvalue weighted by atomic mass is 32.1. The molecule has 0 aromatic carbocycles. The molecule has 0 spiro atoms. The van der Waals surface area contributed by atoms with E-state index in [1.54, 1.807) is 17.5 Å². The predicted molar refractivity (Wildman–Crippen MR) is 82.8 cm³/mol. The van der Waals surface area contributed by atoms with Crippen molar-refractivity contribution in [1.82, 2.24) is 15.1 Å². The van der Waals surface area contributed by atoms with Crippen LogP contribution in [0.5, 0.6) is 0 Å². The Balaban J connectivity index is 1.52. The number of nitrogens with one attached hydrogen (secondary N) is 1. The number of hydrogen-bond donors (Lipinski definition) is 1. The summed E-state index contributed by atoms with van der Waals surface area (Å²) in [7, 11) is 0. The second-order valence-electron chi connectivity index (χ2n) is 6.01. The van der Waals surface area contributed by atoms with Gasteiger partial charge in [0.05, 0.1) is 5.56 Å². The Kier molecular flexibility index (Phi) is 3.30. The average Bonchev–Trinajstić information content (AvgIpc) is 3.25. The SMILES string of the molecule is O=C(c1csc2c1CCCC2)N1CCC(c2ccn[nH]2)C1. The lowest BCUT2D eigenvalue weighted by atomic mass is 9.95. The van der Waals surface area contributed by atoms with E-state index in [-0.39, 0.29) is 5.91 Å². The molecule has 1 fully saturated rings. The molecule has 1 atom stereocenters. The lowest BCUT2D eigenvalue weighted by Gasteiger charge is -2.18. The van der Waals surface area contributed by atoms with Gasteiger partial charge in [-0.2, -0.15) is 5.10 Å². The van der Waals surface area contributed by atoms with Gasteiger partial charge in [0.15, 0.2) is 0 Å². The highest BCUT2D eigenvalue weighted by molar-refractivity contribution is 7.10. The van der Waals surface area contributed by atoms with Crippen LogP contribution in [0.1, 0.15) is 51.7 Å². The number of H-pyrrole nitrogens is 1. The fraction of sp³-hybridized carbons (Fsp3) is 0.500. The Morgan fingerprint density at radius 3 is 3.14 bits per heavy atom. The molecule has 110 valence electrons. The lowest BCUT2D eigenvalue weighted by Crippen LogP contribution is -2.29. The van der Waals surface area contributed by atoms with Gasteiger partial charge >= 0.3 is 0 Å². The second kappa shape index (κ2) is 5.30. The van der Waals surface area contributed by atoms with Crippen LogP contribution in [-0.2, 0) is 12.8 Å². The first-order chi connectivity index (χ1) is 10.3. The van der Waals surface area contributed by atoms with Crippen molar-refractivity contribution in [2.45, 2.75) is 38.0 Å². The van der Waals surface area contributed by atoms with Crippen molar-refractivity contribution in [2.24, 2.45) is 0 Å². The minimum Gasteiger partial charge on any atom is -0.338 e. The van der Waals surface area contributed by atoms with Crippen LogP contribution in [0.25, 0.3) is 0 Å². The highest BCUT2D eigenvalue weighted by Gasteiger charge is 2.31. The maximum atomic E-state index is 12.8. The number of aryl methyl sites for hydroxylation is 1. The summed E-state index contributed by atoms with van der Waals surface area (Å²) in [5.41, 5.74) is 3.46. The maximum absolute atomic E-state index is 12.8. The number of aromatic nitrogens is 2. The molecule has 1 N–H and O–H groups in total. The molecule has 2 aromatic rings. The largest absolute Gasteiger partial charge is 0.338 e. The van der Waals surface area contributed by atoms with E-state index in [0.29, 0.717) is 5.92 Å². The number of amides is 1. The van der Waals surface area contributed by atoms with Crippen molar-refractivity contribution in [3.63, 3.8) is 0 Å². The van der Waals surface area contributed by atoms with E-state index in [2.05, 4.69) is 15.6 Å². The quantitative estimate of drug-likeness (QED) is 0.927. The van der Waals surface area contributed by atoms with Crippen LogP contribution in [0.3, 0.4) is 0 Å². The number of rotatable bonds is 2. The smallest absolute Gasteiger partial charge is 0.255 e. The van der Waals surface area contributed by atoms with Crippen molar-refractivity contribution in [3.8, 4) is 0 Å².